The monoisotopic (exact) mass is 335 g/mol. The molecule has 3 N–H and O–H groups in total. The van der Waals surface area contributed by atoms with E-state index >= 15 is 0 Å². The molecule has 2 unspecified atom stereocenters. The van der Waals surface area contributed by atoms with E-state index in [2.05, 4.69) is 5.32 Å². The maximum Gasteiger partial charge on any atom is 0.240 e. The lowest BCUT2D eigenvalue weighted by Gasteiger charge is -2.20. The number of hydrogen-bond donors (Lipinski definition) is 2. The molecule has 0 aliphatic heterocycles. The smallest absolute Gasteiger partial charge is 0.240 e. The Balaban J connectivity index is 0.00000192. The standard InChI is InChI=1S/C17H21N3O2.ClH/c18-10-12-4-3-6-14(12)19-17(22)11-20-9-8-16(21)13-5-1-2-7-15(13)20;/h1-2,5,7-9,12,14H,3-4,6,10-11,18H2,(H,19,22);1H. The number of carbonyl (C=O) groups is 1. The first-order valence-corrected chi connectivity index (χ1v) is 7.76. The molecule has 0 bridgehead atoms. The zero-order chi connectivity index (χ0) is 15.5. The minimum absolute atomic E-state index is 0. The van der Waals surface area contributed by atoms with Crippen LogP contribution in [0, 0.1) is 5.92 Å². The van der Waals surface area contributed by atoms with E-state index in [1.54, 1.807) is 12.3 Å². The highest BCUT2D eigenvalue weighted by atomic mass is 35.5. The van der Waals surface area contributed by atoms with Crippen LogP contribution in [0.3, 0.4) is 0 Å². The minimum Gasteiger partial charge on any atom is -0.351 e. The van der Waals surface area contributed by atoms with Crippen molar-refractivity contribution in [2.24, 2.45) is 11.7 Å². The van der Waals surface area contributed by atoms with E-state index in [-0.39, 0.29) is 36.3 Å². The number of benzene rings is 1. The summed E-state index contributed by atoms with van der Waals surface area (Å²) in [4.78, 5) is 24.2. The van der Waals surface area contributed by atoms with E-state index in [0.29, 0.717) is 17.8 Å². The van der Waals surface area contributed by atoms with Crippen molar-refractivity contribution in [3.8, 4) is 0 Å². The number of fused-ring (bicyclic) bond motifs is 1. The molecule has 1 fully saturated rings. The molecule has 5 nitrogen and oxygen atoms in total. The fourth-order valence-electron chi connectivity index (χ4n) is 3.31. The number of aromatic nitrogens is 1. The van der Waals surface area contributed by atoms with Crippen molar-refractivity contribution >= 4 is 29.2 Å². The Labute approximate surface area is 141 Å². The largest absolute Gasteiger partial charge is 0.351 e. The van der Waals surface area contributed by atoms with Gasteiger partial charge in [-0.2, -0.15) is 0 Å². The van der Waals surface area contributed by atoms with Gasteiger partial charge in [-0.3, -0.25) is 9.59 Å². The van der Waals surface area contributed by atoms with Crippen LogP contribution in [0.5, 0.6) is 0 Å². The van der Waals surface area contributed by atoms with Gasteiger partial charge in [0, 0.05) is 23.7 Å². The van der Waals surface area contributed by atoms with Gasteiger partial charge in [0.25, 0.3) is 0 Å². The van der Waals surface area contributed by atoms with Crippen LogP contribution in [0.4, 0.5) is 0 Å². The highest BCUT2D eigenvalue weighted by Crippen LogP contribution is 2.24. The summed E-state index contributed by atoms with van der Waals surface area (Å²) in [5.41, 5.74) is 6.51. The number of halogens is 1. The molecule has 1 aliphatic carbocycles. The van der Waals surface area contributed by atoms with Gasteiger partial charge >= 0.3 is 0 Å². The second kappa shape index (κ2) is 7.62. The predicted molar refractivity (Wildman–Crippen MR) is 93.8 cm³/mol. The molecular formula is C17H22ClN3O2. The Hall–Kier alpha value is -1.85. The second-order valence-electron chi connectivity index (χ2n) is 5.93. The van der Waals surface area contributed by atoms with Gasteiger partial charge in [-0.15, -0.1) is 12.4 Å². The number of nitrogens with one attached hydrogen (secondary N) is 1. The van der Waals surface area contributed by atoms with Gasteiger partial charge < -0.3 is 15.6 Å². The molecule has 1 aliphatic rings. The fourth-order valence-corrected chi connectivity index (χ4v) is 3.31. The van der Waals surface area contributed by atoms with Gasteiger partial charge in [0.1, 0.15) is 6.54 Å². The van der Waals surface area contributed by atoms with Crippen molar-refractivity contribution in [2.75, 3.05) is 6.54 Å². The average molecular weight is 336 g/mol. The van der Waals surface area contributed by atoms with Gasteiger partial charge in [-0.05, 0) is 37.4 Å². The maximum atomic E-state index is 12.3. The zero-order valence-corrected chi connectivity index (χ0v) is 13.7. The SMILES string of the molecule is Cl.NCC1CCCC1NC(=O)Cn1ccc(=O)c2ccccc21. The number of nitrogens with zero attached hydrogens (tertiary/aromatic N) is 1. The maximum absolute atomic E-state index is 12.3. The average Bonchev–Trinajstić information content (AvgIpc) is 2.97. The predicted octanol–water partition coefficient (Wildman–Crippen LogP) is 1.67. The number of amides is 1. The van der Waals surface area contributed by atoms with Gasteiger partial charge in [-0.1, -0.05) is 18.6 Å². The Bertz CT molecular complexity index is 744. The lowest BCUT2D eigenvalue weighted by atomic mass is 10.0. The van der Waals surface area contributed by atoms with Crippen molar-refractivity contribution in [3.05, 3.63) is 46.8 Å². The summed E-state index contributed by atoms with van der Waals surface area (Å²) in [5.74, 6) is 0.355. The van der Waals surface area contributed by atoms with Crippen molar-refractivity contribution in [1.82, 2.24) is 9.88 Å². The number of para-hydroxylation sites is 1. The van der Waals surface area contributed by atoms with Crippen LogP contribution >= 0.6 is 12.4 Å². The summed E-state index contributed by atoms with van der Waals surface area (Å²) in [6.45, 7) is 0.834. The lowest BCUT2D eigenvalue weighted by Crippen LogP contribution is -2.41. The van der Waals surface area contributed by atoms with Crippen molar-refractivity contribution in [1.29, 1.82) is 0 Å². The molecule has 0 spiro atoms. The summed E-state index contributed by atoms with van der Waals surface area (Å²) < 4.78 is 1.82. The molecular weight excluding hydrogens is 314 g/mol. The van der Waals surface area contributed by atoms with Crippen LogP contribution in [0.25, 0.3) is 10.9 Å². The quantitative estimate of drug-likeness (QED) is 0.892. The third kappa shape index (κ3) is 3.74. The highest BCUT2D eigenvalue weighted by Gasteiger charge is 2.27. The number of carbonyl (C=O) groups excluding carboxylic acids is 1. The first-order valence-electron chi connectivity index (χ1n) is 7.76. The van der Waals surface area contributed by atoms with Crippen LogP contribution in [-0.2, 0) is 11.3 Å². The van der Waals surface area contributed by atoms with E-state index in [1.165, 1.54) is 6.07 Å². The Morgan fingerprint density at radius 2 is 2.04 bits per heavy atom. The van der Waals surface area contributed by atoms with Gasteiger partial charge in [-0.25, -0.2) is 0 Å². The Kier molecular flexibility index (Phi) is 5.80. The zero-order valence-electron chi connectivity index (χ0n) is 12.9. The molecule has 1 aromatic carbocycles. The highest BCUT2D eigenvalue weighted by molar-refractivity contribution is 5.85. The minimum atomic E-state index is -0.0286. The number of rotatable bonds is 4. The molecule has 3 rings (SSSR count). The normalized spacial score (nSPS) is 20.2. The van der Waals surface area contributed by atoms with E-state index < -0.39 is 0 Å². The first kappa shape index (κ1) is 17.5. The third-order valence-electron chi connectivity index (χ3n) is 4.51. The number of pyridine rings is 1. The first-order chi connectivity index (χ1) is 10.7. The molecule has 124 valence electrons. The molecule has 2 aromatic rings. The van der Waals surface area contributed by atoms with Crippen LogP contribution in [0.2, 0.25) is 0 Å². The van der Waals surface area contributed by atoms with Gasteiger partial charge in [0.05, 0.1) is 5.52 Å². The van der Waals surface area contributed by atoms with Crippen molar-refractivity contribution in [2.45, 2.75) is 31.8 Å². The van der Waals surface area contributed by atoms with Crippen LogP contribution in [0.15, 0.2) is 41.3 Å². The van der Waals surface area contributed by atoms with E-state index in [4.69, 9.17) is 5.73 Å². The molecule has 23 heavy (non-hydrogen) atoms. The van der Waals surface area contributed by atoms with Gasteiger partial charge in [0.2, 0.25) is 5.91 Å². The summed E-state index contributed by atoms with van der Waals surface area (Å²) in [6, 6.07) is 9.04. The summed E-state index contributed by atoms with van der Waals surface area (Å²) >= 11 is 0. The van der Waals surface area contributed by atoms with Crippen molar-refractivity contribution in [3.63, 3.8) is 0 Å². The second-order valence-corrected chi connectivity index (χ2v) is 5.93. The van der Waals surface area contributed by atoms with Crippen molar-refractivity contribution < 1.29 is 4.79 Å². The van der Waals surface area contributed by atoms with Gasteiger partial charge in [0.15, 0.2) is 5.43 Å². The van der Waals surface area contributed by atoms with E-state index in [1.807, 2.05) is 22.8 Å². The topological polar surface area (TPSA) is 77.1 Å². The molecule has 1 aromatic heterocycles. The van der Waals surface area contributed by atoms with E-state index in [9.17, 15) is 9.59 Å². The molecule has 1 amide bonds. The van der Waals surface area contributed by atoms with Crippen LogP contribution in [0.1, 0.15) is 19.3 Å². The number of nitrogens with two attached hydrogens (primary N) is 1. The lowest BCUT2D eigenvalue weighted by molar-refractivity contribution is -0.122. The Morgan fingerprint density at radius 1 is 1.26 bits per heavy atom. The van der Waals surface area contributed by atoms with Crippen LogP contribution < -0.4 is 16.5 Å². The number of hydrogen-bond acceptors (Lipinski definition) is 3. The summed E-state index contributed by atoms with van der Waals surface area (Å²) in [6.07, 6.45) is 4.88. The molecule has 1 saturated carbocycles. The Morgan fingerprint density at radius 3 is 2.83 bits per heavy atom. The summed E-state index contributed by atoms with van der Waals surface area (Å²) in [7, 11) is 0. The molecule has 6 heteroatoms. The third-order valence-corrected chi connectivity index (χ3v) is 4.51. The van der Waals surface area contributed by atoms with E-state index in [0.717, 1.165) is 24.8 Å². The molecule has 0 saturated heterocycles. The fraction of sp³-hybridized carbons (Fsp3) is 0.412. The van der Waals surface area contributed by atoms with Crippen LogP contribution in [-0.4, -0.2) is 23.1 Å². The molecule has 2 atom stereocenters. The summed E-state index contributed by atoms with van der Waals surface area (Å²) in [5, 5.41) is 3.73. The molecule has 1 heterocycles. The molecule has 0 radical (unpaired) electrons.